The summed E-state index contributed by atoms with van der Waals surface area (Å²) < 4.78 is 0. The molecule has 0 aliphatic carbocycles. The number of hydrogen-bond acceptors (Lipinski definition) is 4. The summed E-state index contributed by atoms with van der Waals surface area (Å²) in [6.45, 7) is 2.88. The van der Waals surface area contributed by atoms with Gasteiger partial charge in [-0.3, -0.25) is 0 Å². The molecule has 5 heteroatoms. The Kier molecular flexibility index (Phi) is 3.81. The molecule has 5 nitrogen and oxygen atoms in total. The molecule has 0 aliphatic rings. The monoisotopic (exact) mass is 247 g/mol. The SMILES string of the molecule is CC(CN)CCc1nc2nc(N(C)C)ccc2[nH]1. The molecular weight excluding hydrogens is 226 g/mol. The molecule has 98 valence electrons. The zero-order valence-corrected chi connectivity index (χ0v) is 11.3. The Morgan fingerprint density at radius 2 is 2.11 bits per heavy atom. The van der Waals surface area contributed by atoms with E-state index in [0.29, 0.717) is 5.92 Å². The largest absolute Gasteiger partial charge is 0.363 e. The van der Waals surface area contributed by atoms with Crippen LogP contribution in [0, 0.1) is 5.92 Å². The quantitative estimate of drug-likeness (QED) is 0.841. The van der Waals surface area contributed by atoms with Gasteiger partial charge >= 0.3 is 0 Å². The minimum atomic E-state index is 0.531. The van der Waals surface area contributed by atoms with Crippen LogP contribution in [0.4, 0.5) is 5.82 Å². The maximum Gasteiger partial charge on any atom is 0.179 e. The molecule has 0 bridgehead atoms. The second kappa shape index (κ2) is 5.35. The van der Waals surface area contributed by atoms with E-state index in [-0.39, 0.29) is 0 Å². The van der Waals surface area contributed by atoms with Crippen molar-refractivity contribution in [2.75, 3.05) is 25.5 Å². The lowest BCUT2D eigenvalue weighted by molar-refractivity contribution is 0.538. The molecule has 0 fully saturated rings. The Balaban J connectivity index is 2.17. The van der Waals surface area contributed by atoms with Gasteiger partial charge in [0.15, 0.2) is 5.65 Å². The van der Waals surface area contributed by atoms with Crippen LogP contribution in [-0.2, 0) is 6.42 Å². The predicted molar refractivity (Wildman–Crippen MR) is 74.8 cm³/mol. The lowest BCUT2D eigenvalue weighted by atomic mass is 10.1. The van der Waals surface area contributed by atoms with Crippen LogP contribution < -0.4 is 10.6 Å². The summed E-state index contributed by atoms with van der Waals surface area (Å²) in [4.78, 5) is 14.3. The van der Waals surface area contributed by atoms with Gasteiger partial charge in [0.05, 0.1) is 5.52 Å². The molecule has 0 saturated heterocycles. The van der Waals surface area contributed by atoms with Crippen LogP contribution in [0.1, 0.15) is 19.2 Å². The molecule has 0 spiro atoms. The molecule has 2 aromatic heterocycles. The molecule has 0 amide bonds. The number of hydrogen-bond donors (Lipinski definition) is 2. The van der Waals surface area contributed by atoms with Crippen LogP contribution >= 0.6 is 0 Å². The number of fused-ring (bicyclic) bond motifs is 1. The second-order valence-corrected chi connectivity index (χ2v) is 5.00. The number of pyridine rings is 1. The summed E-state index contributed by atoms with van der Waals surface area (Å²) in [5.41, 5.74) is 7.40. The lowest BCUT2D eigenvalue weighted by Crippen LogP contribution is -2.11. The van der Waals surface area contributed by atoms with Crippen LogP contribution in [0.25, 0.3) is 11.2 Å². The third kappa shape index (κ3) is 2.79. The van der Waals surface area contributed by atoms with E-state index < -0.39 is 0 Å². The molecule has 2 heterocycles. The molecule has 3 N–H and O–H groups in total. The number of aromatic nitrogens is 3. The minimum Gasteiger partial charge on any atom is -0.363 e. The molecule has 18 heavy (non-hydrogen) atoms. The van der Waals surface area contributed by atoms with Crippen molar-refractivity contribution in [3.63, 3.8) is 0 Å². The summed E-state index contributed by atoms with van der Waals surface area (Å²) in [7, 11) is 3.95. The summed E-state index contributed by atoms with van der Waals surface area (Å²) in [6, 6.07) is 4.02. The van der Waals surface area contributed by atoms with Crippen molar-refractivity contribution < 1.29 is 0 Å². The van der Waals surface area contributed by atoms with E-state index in [4.69, 9.17) is 5.73 Å². The van der Waals surface area contributed by atoms with Gasteiger partial charge in [0.25, 0.3) is 0 Å². The highest BCUT2D eigenvalue weighted by atomic mass is 15.1. The molecule has 0 radical (unpaired) electrons. The summed E-state index contributed by atoms with van der Waals surface area (Å²) >= 11 is 0. The Labute approximate surface area is 107 Å². The summed E-state index contributed by atoms with van der Waals surface area (Å²) in [6.07, 6.45) is 1.98. The number of nitrogens with two attached hydrogens (primary N) is 1. The first kappa shape index (κ1) is 12.8. The molecule has 1 unspecified atom stereocenters. The number of anilines is 1. The van der Waals surface area contributed by atoms with Gasteiger partial charge in [-0.05, 0) is 31.0 Å². The highest BCUT2D eigenvalue weighted by Gasteiger charge is 2.07. The van der Waals surface area contributed by atoms with Crippen molar-refractivity contribution in [3.05, 3.63) is 18.0 Å². The van der Waals surface area contributed by atoms with Crippen LogP contribution in [0.5, 0.6) is 0 Å². The Morgan fingerprint density at radius 1 is 1.33 bits per heavy atom. The van der Waals surface area contributed by atoms with Gasteiger partial charge < -0.3 is 15.6 Å². The fourth-order valence-corrected chi connectivity index (χ4v) is 1.80. The van der Waals surface area contributed by atoms with E-state index >= 15 is 0 Å². The zero-order chi connectivity index (χ0) is 13.1. The van der Waals surface area contributed by atoms with E-state index in [0.717, 1.165) is 42.2 Å². The van der Waals surface area contributed by atoms with E-state index in [9.17, 15) is 0 Å². The van der Waals surface area contributed by atoms with Gasteiger partial charge in [0.1, 0.15) is 11.6 Å². The van der Waals surface area contributed by atoms with E-state index in [1.165, 1.54) is 0 Å². The number of nitrogens with one attached hydrogen (secondary N) is 1. The van der Waals surface area contributed by atoms with Crippen molar-refractivity contribution in [1.29, 1.82) is 0 Å². The van der Waals surface area contributed by atoms with Gasteiger partial charge in [0, 0.05) is 20.5 Å². The van der Waals surface area contributed by atoms with Crippen molar-refractivity contribution >= 4 is 17.0 Å². The summed E-state index contributed by atoms with van der Waals surface area (Å²) in [5.74, 6) is 2.45. The van der Waals surface area contributed by atoms with Gasteiger partial charge in [-0.1, -0.05) is 6.92 Å². The smallest absolute Gasteiger partial charge is 0.179 e. The maximum absolute atomic E-state index is 5.62. The number of imidazole rings is 1. The first-order valence-electron chi connectivity index (χ1n) is 6.33. The topological polar surface area (TPSA) is 70.8 Å². The Bertz CT molecular complexity index is 517. The van der Waals surface area contributed by atoms with Gasteiger partial charge in [-0.15, -0.1) is 0 Å². The number of rotatable bonds is 5. The van der Waals surface area contributed by atoms with Gasteiger partial charge in [-0.25, -0.2) is 9.97 Å². The second-order valence-electron chi connectivity index (χ2n) is 5.00. The van der Waals surface area contributed by atoms with Crippen LogP contribution in [0.3, 0.4) is 0 Å². The highest BCUT2D eigenvalue weighted by molar-refractivity contribution is 5.73. The zero-order valence-electron chi connectivity index (χ0n) is 11.3. The van der Waals surface area contributed by atoms with Crippen molar-refractivity contribution in [2.24, 2.45) is 11.7 Å². The standard InChI is InChI=1S/C13H21N5/c1-9(8-14)4-6-11-15-10-5-7-12(18(2)3)17-13(10)16-11/h5,7,9H,4,6,8,14H2,1-3H3,(H,15,16,17). The normalized spacial score (nSPS) is 12.9. The van der Waals surface area contributed by atoms with E-state index in [1.54, 1.807) is 0 Å². The van der Waals surface area contributed by atoms with E-state index in [1.807, 2.05) is 31.1 Å². The molecule has 1 atom stereocenters. The van der Waals surface area contributed by atoms with Gasteiger partial charge in [-0.2, -0.15) is 0 Å². The van der Waals surface area contributed by atoms with Gasteiger partial charge in [0.2, 0.25) is 0 Å². The van der Waals surface area contributed by atoms with Crippen molar-refractivity contribution in [3.8, 4) is 0 Å². The predicted octanol–water partition coefficient (Wildman–Crippen LogP) is 1.55. The number of aryl methyl sites for hydroxylation is 1. The Morgan fingerprint density at radius 3 is 2.78 bits per heavy atom. The molecule has 0 saturated carbocycles. The van der Waals surface area contributed by atoms with Crippen molar-refractivity contribution in [2.45, 2.75) is 19.8 Å². The fourth-order valence-electron chi connectivity index (χ4n) is 1.80. The first-order valence-corrected chi connectivity index (χ1v) is 6.33. The molecule has 0 aliphatic heterocycles. The van der Waals surface area contributed by atoms with Crippen LogP contribution in [0.2, 0.25) is 0 Å². The molecule has 2 aromatic rings. The van der Waals surface area contributed by atoms with Crippen LogP contribution in [0.15, 0.2) is 12.1 Å². The third-order valence-electron chi connectivity index (χ3n) is 3.11. The third-order valence-corrected chi connectivity index (χ3v) is 3.11. The molecular formula is C13H21N5. The van der Waals surface area contributed by atoms with E-state index in [2.05, 4.69) is 21.9 Å². The molecule has 0 aromatic carbocycles. The Hall–Kier alpha value is -1.62. The van der Waals surface area contributed by atoms with Crippen molar-refractivity contribution in [1.82, 2.24) is 15.0 Å². The minimum absolute atomic E-state index is 0.531. The average molecular weight is 247 g/mol. The maximum atomic E-state index is 5.62. The number of nitrogens with zero attached hydrogens (tertiary/aromatic N) is 3. The number of aromatic amines is 1. The average Bonchev–Trinajstić information content (AvgIpc) is 2.77. The molecule has 2 rings (SSSR count). The lowest BCUT2D eigenvalue weighted by Gasteiger charge is -2.09. The highest BCUT2D eigenvalue weighted by Crippen LogP contribution is 2.16. The first-order chi connectivity index (χ1) is 8.60. The number of H-pyrrole nitrogens is 1. The summed E-state index contributed by atoms with van der Waals surface area (Å²) in [5, 5.41) is 0. The fraction of sp³-hybridized carbons (Fsp3) is 0.538. The van der Waals surface area contributed by atoms with Crippen LogP contribution in [-0.4, -0.2) is 35.6 Å².